The van der Waals surface area contributed by atoms with Crippen LogP contribution in [-0.4, -0.2) is 41.2 Å². The van der Waals surface area contributed by atoms with Crippen molar-refractivity contribution >= 4 is 17.7 Å². The van der Waals surface area contributed by atoms with Gasteiger partial charge in [-0.05, 0) is 12.8 Å². The lowest BCUT2D eigenvalue weighted by molar-refractivity contribution is -0.139. The highest BCUT2D eigenvalue weighted by atomic mass is 16.2. The van der Waals surface area contributed by atoms with Crippen LogP contribution in [-0.2, 0) is 14.4 Å². The molecule has 0 aliphatic heterocycles. The van der Waals surface area contributed by atoms with Gasteiger partial charge < -0.3 is 22.1 Å². The van der Waals surface area contributed by atoms with Crippen molar-refractivity contribution in [3.05, 3.63) is 0 Å². The van der Waals surface area contributed by atoms with Crippen molar-refractivity contribution in [3.8, 4) is 0 Å². The SMILES string of the molecule is NC(=O)CC(N)C(=O)N(CC(N)=O)C1CCCC1. The zero-order valence-corrected chi connectivity index (χ0v) is 10.3. The molecule has 0 bridgehead atoms. The average molecular weight is 256 g/mol. The van der Waals surface area contributed by atoms with Crippen LogP contribution in [0.15, 0.2) is 0 Å². The van der Waals surface area contributed by atoms with Gasteiger partial charge in [0.15, 0.2) is 0 Å². The number of hydrogen-bond acceptors (Lipinski definition) is 4. The fourth-order valence-electron chi connectivity index (χ4n) is 2.29. The number of rotatable bonds is 6. The predicted molar refractivity (Wildman–Crippen MR) is 65.0 cm³/mol. The van der Waals surface area contributed by atoms with Gasteiger partial charge in [-0.1, -0.05) is 12.8 Å². The molecule has 0 heterocycles. The van der Waals surface area contributed by atoms with Crippen molar-refractivity contribution in [2.75, 3.05) is 6.54 Å². The van der Waals surface area contributed by atoms with E-state index >= 15 is 0 Å². The Morgan fingerprint density at radius 1 is 1.11 bits per heavy atom. The number of carbonyl (C=O) groups is 3. The van der Waals surface area contributed by atoms with E-state index in [9.17, 15) is 14.4 Å². The minimum atomic E-state index is -0.998. The first-order chi connectivity index (χ1) is 8.41. The summed E-state index contributed by atoms with van der Waals surface area (Å²) in [7, 11) is 0. The zero-order chi connectivity index (χ0) is 13.7. The lowest BCUT2D eigenvalue weighted by Crippen LogP contribution is -2.51. The fraction of sp³-hybridized carbons (Fsp3) is 0.727. The third-order valence-corrected chi connectivity index (χ3v) is 3.11. The number of nitrogens with zero attached hydrogens (tertiary/aromatic N) is 1. The largest absolute Gasteiger partial charge is 0.370 e. The Balaban J connectivity index is 2.71. The molecule has 1 fully saturated rings. The molecule has 7 nitrogen and oxygen atoms in total. The lowest BCUT2D eigenvalue weighted by atomic mass is 10.1. The van der Waals surface area contributed by atoms with Crippen LogP contribution in [0.1, 0.15) is 32.1 Å². The molecule has 1 aliphatic rings. The second kappa shape index (κ2) is 6.34. The van der Waals surface area contributed by atoms with Crippen molar-refractivity contribution in [1.82, 2.24) is 4.90 Å². The quantitative estimate of drug-likeness (QED) is 0.530. The molecule has 1 aliphatic carbocycles. The first-order valence-corrected chi connectivity index (χ1v) is 6.04. The summed E-state index contributed by atoms with van der Waals surface area (Å²) >= 11 is 0. The van der Waals surface area contributed by atoms with Gasteiger partial charge in [0.1, 0.15) is 0 Å². The molecule has 0 aromatic carbocycles. The van der Waals surface area contributed by atoms with E-state index in [0.29, 0.717) is 0 Å². The van der Waals surface area contributed by atoms with Gasteiger partial charge in [0.25, 0.3) is 0 Å². The van der Waals surface area contributed by atoms with Gasteiger partial charge in [0.2, 0.25) is 17.7 Å². The molecular formula is C11H20N4O3. The third kappa shape index (κ3) is 3.99. The van der Waals surface area contributed by atoms with Crippen molar-refractivity contribution in [2.45, 2.75) is 44.2 Å². The van der Waals surface area contributed by atoms with E-state index < -0.39 is 23.8 Å². The van der Waals surface area contributed by atoms with E-state index in [1.165, 1.54) is 4.90 Å². The molecular weight excluding hydrogens is 236 g/mol. The van der Waals surface area contributed by atoms with Crippen molar-refractivity contribution < 1.29 is 14.4 Å². The van der Waals surface area contributed by atoms with Crippen LogP contribution in [0.2, 0.25) is 0 Å². The molecule has 0 aromatic heterocycles. The van der Waals surface area contributed by atoms with Gasteiger partial charge in [-0.15, -0.1) is 0 Å². The summed E-state index contributed by atoms with van der Waals surface area (Å²) in [4.78, 5) is 35.3. The summed E-state index contributed by atoms with van der Waals surface area (Å²) in [6.07, 6.45) is 3.47. The number of primary amides is 2. The summed E-state index contributed by atoms with van der Waals surface area (Å²) in [6.45, 7) is -0.157. The number of hydrogen-bond donors (Lipinski definition) is 3. The summed E-state index contributed by atoms with van der Waals surface area (Å²) in [5.41, 5.74) is 15.8. The standard InChI is InChI=1S/C11H20N4O3/c12-8(5-9(13)16)11(18)15(6-10(14)17)7-3-1-2-4-7/h7-8H,1-6,12H2,(H2,13,16)(H2,14,17). The molecule has 1 saturated carbocycles. The second-order valence-corrected chi connectivity index (χ2v) is 4.65. The molecule has 3 amide bonds. The first kappa shape index (κ1) is 14.4. The Hall–Kier alpha value is -1.63. The summed E-state index contributed by atoms with van der Waals surface area (Å²) < 4.78 is 0. The molecule has 1 unspecified atom stereocenters. The highest BCUT2D eigenvalue weighted by Crippen LogP contribution is 2.23. The van der Waals surface area contributed by atoms with Crippen LogP contribution in [0, 0.1) is 0 Å². The van der Waals surface area contributed by atoms with Crippen molar-refractivity contribution in [2.24, 2.45) is 17.2 Å². The van der Waals surface area contributed by atoms with Crippen LogP contribution in [0.25, 0.3) is 0 Å². The van der Waals surface area contributed by atoms with Crippen LogP contribution in [0.5, 0.6) is 0 Å². The Morgan fingerprint density at radius 2 is 1.67 bits per heavy atom. The molecule has 7 heteroatoms. The third-order valence-electron chi connectivity index (χ3n) is 3.11. The van der Waals surface area contributed by atoms with E-state index in [1.807, 2.05) is 0 Å². The smallest absolute Gasteiger partial charge is 0.240 e. The zero-order valence-electron chi connectivity index (χ0n) is 10.3. The van der Waals surface area contributed by atoms with Crippen molar-refractivity contribution in [1.29, 1.82) is 0 Å². The molecule has 0 radical (unpaired) electrons. The Bertz CT molecular complexity index is 339. The van der Waals surface area contributed by atoms with Gasteiger partial charge in [-0.2, -0.15) is 0 Å². The summed E-state index contributed by atoms with van der Waals surface area (Å²) in [6, 6.07) is -1.01. The van der Waals surface area contributed by atoms with Gasteiger partial charge in [0, 0.05) is 6.04 Å². The molecule has 1 atom stereocenters. The fourth-order valence-corrected chi connectivity index (χ4v) is 2.29. The van der Waals surface area contributed by atoms with E-state index in [0.717, 1.165) is 25.7 Å². The van der Waals surface area contributed by atoms with E-state index in [4.69, 9.17) is 17.2 Å². The molecule has 6 N–H and O–H groups in total. The minimum Gasteiger partial charge on any atom is -0.370 e. The van der Waals surface area contributed by atoms with Crippen LogP contribution >= 0.6 is 0 Å². The Kier molecular flexibility index (Phi) is 5.08. The van der Waals surface area contributed by atoms with E-state index in [2.05, 4.69) is 0 Å². The van der Waals surface area contributed by atoms with E-state index in [-0.39, 0.29) is 19.0 Å². The molecule has 0 spiro atoms. The monoisotopic (exact) mass is 256 g/mol. The topological polar surface area (TPSA) is 133 Å². The van der Waals surface area contributed by atoms with Gasteiger partial charge in [0.05, 0.1) is 19.0 Å². The van der Waals surface area contributed by atoms with Crippen molar-refractivity contribution in [3.63, 3.8) is 0 Å². The molecule has 0 saturated heterocycles. The minimum absolute atomic E-state index is 0.0103. The summed E-state index contributed by atoms with van der Waals surface area (Å²) in [5.74, 6) is -1.65. The Morgan fingerprint density at radius 3 is 2.11 bits per heavy atom. The van der Waals surface area contributed by atoms with Crippen LogP contribution in [0.4, 0.5) is 0 Å². The maximum atomic E-state index is 12.1. The lowest BCUT2D eigenvalue weighted by Gasteiger charge is -2.29. The van der Waals surface area contributed by atoms with Gasteiger partial charge >= 0.3 is 0 Å². The number of nitrogens with two attached hydrogens (primary N) is 3. The van der Waals surface area contributed by atoms with Crippen LogP contribution < -0.4 is 17.2 Å². The molecule has 102 valence electrons. The number of carbonyl (C=O) groups excluding carboxylic acids is 3. The predicted octanol–water partition coefficient (Wildman–Crippen LogP) is -1.55. The summed E-state index contributed by atoms with van der Waals surface area (Å²) in [5, 5.41) is 0. The van der Waals surface area contributed by atoms with E-state index in [1.54, 1.807) is 0 Å². The molecule has 1 rings (SSSR count). The first-order valence-electron chi connectivity index (χ1n) is 6.04. The van der Waals surface area contributed by atoms with Gasteiger partial charge in [-0.25, -0.2) is 0 Å². The maximum absolute atomic E-state index is 12.1. The highest BCUT2D eigenvalue weighted by Gasteiger charge is 2.31. The maximum Gasteiger partial charge on any atom is 0.240 e. The van der Waals surface area contributed by atoms with Gasteiger partial charge in [-0.3, -0.25) is 14.4 Å². The number of amides is 3. The molecule has 0 aromatic rings. The normalized spacial score (nSPS) is 17.4. The second-order valence-electron chi connectivity index (χ2n) is 4.65. The Labute approximate surface area is 106 Å². The average Bonchev–Trinajstić information content (AvgIpc) is 2.76. The van der Waals surface area contributed by atoms with Crippen LogP contribution in [0.3, 0.4) is 0 Å². The molecule has 18 heavy (non-hydrogen) atoms. The highest BCUT2D eigenvalue weighted by molar-refractivity contribution is 5.90.